The Morgan fingerprint density at radius 1 is 1.21 bits per heavy atom. The van der Waals surface area contributed by atoms with E-state index >= 15 is 0 Å². The lowest BCUT2D eigenvalue weighted by atomic mass is 9.97. The van der Waals surface area contributed by atoms with E-state index in [0.29, 0.717) is 12.1 Å². The van der Waals surface area contributed by atoms with Crippen LogP contribution in [0.2, 0.25) is 0 Å². The molecule has 4 nitrogen and oxygen atoms in total. The summed E-state index contributed by atoms with van der Waals surface area (Å²) in [6.45, 7) is 12.0. The second-order valence-corrected chi connectivity index (χ2v) is 7.16. The first-order chi connectivity index (χ1) is 11.5. The SMILES string of the molecule is COc1ccc2c(c1)C1=NCCCN1C(CN(C(C)C)C(C)C)=C2. The number of ether oxygens (including phenoxy) is 1. The molecule has 3 rings (SSSR count). The van der Waals surface area contributed by atoms with Gasteiger partial charge in [0.15, 0.2) is 0 Å². The van der Waals surface area contributed by atoms with Crippen molar-refractivity contribution >= 4 is 11.9 Å². The minimum atomic E-state index is 0.522. The molecule has 0 saturated carbocycles. The number of hydrogen-bond donors (Lipinski definition) is 0. The normalized spacial score (nSPS) is 16.9. The highest BCUT2D eigenvalue weighted by Gasteiger charge is 2.28. The highest BCUT2D eigenvalue weighted by Crippen LogP contribution is 2.31. The number of nitrogens with zero attached hydrogens (tertiary/aromatic N) is 3. The van der Waals surface area contributed by atoms with Crippen LogP contribution in [-0.2, 0) is 0 Å². The molecule has 0 unspecified atom stereocenters. The van der Waals surface area contributed by atoms with Crippen LogP contribution in [0.15, 0.2) is 28.9 Å². The smallest absolute Gasteiger partial charge is 0.135 e. The van der Waals surface area contributed by atoms with Crippen LogP contribution in [0.1, 0.15) is 45.2 Å². The van der Waals surface area contributed by atoms with Gasteiger partial charge in [-0.3, -0.25) is 9.89 Å². The molecule has 0 amide bonds. The van der Waals surface area contributed by atoms with Crippen LogP contribution in [0.4, 0.5) is 0 Å². The van der Waals surface area contributed by atoms with Crippen LogP contribution in [-0.4, -0.2) is 54.5 Å². The summed E-state index contributed by atoms with van der Waals surface area (Å²) in [5.41, 5.74) is 3.79. The lowest BCUT2D eigenvalue weighted by Crippen LogP contribution is -2.45. The molecule has 0 spiro atoms. The van der Waals surface area contributed by atoms with Crippen molar-refractivity contribution in [3.8, 4) is 5.75 Å². The molecule has 0 saturated heterocycles. The van der Waals surface area contributed by atoms with E-state index in [1.165, 1.54) is 16.8 Å². The Labute approximate surface area is 145 Å². The van der Waals surface area contributed by atoms with E-state index in [9.17, 15) is 0 Å². The van der Waals surface area contributed by atoms with Gasteiger partial charge >= 0.3 is 0 Å². The van der Waals surface area contributed by atoms with Crippen LogP contribution in [0.3, 0.4) is 0 Å². The number of methoxy groups -OCH3 is 1. The maximum atomic E-state index is 5.41. The van der Waals surface area contributed by atoms with Gasteiger partial charge in [0.25, 0.3) is 0 Å². The topological polar surface area (TPSA) is 28.1 Å². The van der Waals surface area contributed by atoms with Crippen molar-refractivity contribution < 1.29 is 4.74 Å². The Hall–Kier alpha value is -1.81. The minimum absolute atomic E-state index is 0.522. The number of benzene rings is 1. The molecule has 2 aliphatic heterocycles. The standard InChI is InChI=1S/C20H29N3O/c1-14(2)23(15(3)4)13-17-11-16-7-8-18(24-5)12-19(16)20-21-9-6-10-22(17)20/h7-8,11-12,14-15H,6,9-10,13H2,1-5H3. The third-order valence-electron chi connectivity index (χ3n) is 4.90. The lowest BCUT2D eigenvalue weighted by molar-refractivity contribution is 0.180. The average molecular weight is 327 g/mol. The maximum Gasteiger partial charge on any atom is 0.135 e. The number of amidine groups is 1. The van der Waals surface area contributed by atoms with Gasteiger partial charge in [-0.25, -0.2) is 0 Å². The molecule has 4 heteroatoms. The molecule has 0 bridgehead atoms. The number of fused-ring (bicyclic) bond motifs is 3. The van der Waals surface area contributed by atoms with Gasteiger partial charge in [-0.2, -0.15) is 0 Å². The highest BCUT2D eigenvalue weighted by molar-refractivity contribution is 6.06. The molecule has 0 fully saturated rings. The van der Waals surface area contributed by atoms with Gasteiger partial charge in [-0.1, -0.05) is 6.07 Å². The summed E-state index contributed by atoms with van der Waals surface area (Å²) in [6.07, 6.45) is 3.44. The van der Waals surface area contributed by atoms with Gasteiger partial charge in [0.2, 0.25) is 0 Å². The fourth-order valence-corrected chi connectivity index (χ4v) is 3.63. The molecule has 0 radical (unpaired) electrons. The molecule has 0 aromatic heterocycles. The van der Waals surface area contributed by atoms with Gasteiger partial charge in [0, 0.05) is 43.0 Å². The van der Waals surface area contributed by atoms with E-state index in [1.54, 1.807) is 7.11 Å². The third kappa shape index (κ3) is 3.20. The first-order valence-electron chi connectivity index (χ1n) is 8.98. The predicted octanol–water partition coefficient (Wildman–Crippen LogP) is 3.62. The Balaban J connectivity index is 2.01. The molecule has 130 valence electrons. The van der Waals surface area contributed by atoms with Crippen molar-refractivity contribution in [3.63, 3.8) is 0 Å². The second kappa shape index (κ2) is 6.98. The summed E-state index contributed by atoms with van der Waals surface area (Å²) in [7, 11) is 1.72. The van der Waals surface area contributed by atoms with E-state index in [-0.39, 0.29) is 0 Å². The van der Waals surface area contributed by atoms with Crippen LogP contribution in [0.5, 0.6) is 5.75 Å². The van der Waals surface area contributed by atoms with Gasteiger partial charge in [-0.15, -0.1) is 0 Å². The molecule has 0 atom stereocenters. The first kappa shape index (κ1) is 17.0. The zero-order valence-electron chi connectivity index (χ0n) is 15.5. The van der Waals surface area contributed by atoms with Crippen molar-refractivity contribution in [2.24, 2.45) is 4.99 Å². The number of hydrogen-bond acceptors (Lipinski definition) is 4. The van der Waals surface area contributed by atoms with E-state index in [0.717, 1.165) is 37.6 Å². The predicted molar refractivity (Wildman–Crippen MR) is 101 cm³/mol. The van der Waals surface area contributed by atoms with E-state index in [4.69, 9.17) is 9.73 Å². The highest BCUT2D eigenvalue weighted by atomic mass is 16.5. The van der Waals surface area contributed by atoms with E-state index in [1.807, 2.05) is 6.07 Å². The first-order valence-corrected chi connectivity index (χ1v) is 8.98. The molecule has 2 aliphatic rings. The number of aliphatic imine (C=N–C) groups is 1. The zero-order chi connectivity index (χ0) is 17.3. The molecular weight excluding hydrogens is 298 g/mol. The molecule has 0 aliphatic carbocycles. The van der Waals surface area contributed by atoms with Crippen LogP contribution >= 0.6 is 0 Å². The number of rotatable bonds is 5. The largest absolute Gasteiger partial charge is 0.497 e. The molecule has 1 aromatic rings. The Morgan fingerprint density at radius 2 is 1.96 bits per heavy atom. The van der Waals surface area contributed by atoms with Gasteiger partial charge in [-0.05, 0) is 57.9 Å². The van der Waals surface area contributed by atoms with Crippen molar-refractivity contribution in [3.05, 3.63) is 35.0 Å². The monoisotopic (exact) mass is 327 g/mol. The lowest BCUT2D eigenvalue weighted by Gasteiger charge is -2.39. The van der Waals surface area contributed by atoms with Gasteiger partial charge < -0.3 is 9.64 Å². The van der Waals surface area contributed by atoms with E-state index in [2.05, 4.69) is 55.7 Å². The Kier molecular flexibility index (Phi) is 4.95. The summed E-state index contributed by atoms with van der Waals surface area (Å²) in [5, 5.41) is 0. The quantitative estimate of drug-likeness (QED) is 0.827. The minimum Gasteiger partial charge on any atom is -0.497 e. The fraction of sp³-hybridized carbons (Fsp3) is 0.550. The van der Waals surface area contributed by atoms with E-state index < -0.39 is 0 Å². The summed E-state index contributed by atoms with van der Waals surface area (Å²) in [5.74, 6) is 2.00. The molecular formula is C20H29N3O. The van der Waals surface area contributed by atoms with Crippen molar-refractivity contribution in [1.29, 1.82) is 0 Å². The zero-order valence-corrected chi connectivity index (χ0v) is 15.5. The molecule has 1 aromatic carbocycles. The van der Waals surface area contributed by atoms with Gasteiger partial charge in [0.1, 0.15) is 11.6 Å². The third-order valence-corrected chi connectivity index (χ3v) is 4.90. The van der Waals surface area contributed by atoms with Crippen LogP contribution in [0.25, 0.3) is 6.08 Å². The molecule has 0 N–H and O–H groups in total. The Bertz CT molecular complexity index is 653. The average Bonchev–Trinajstić information content (AvgIpc) is 2.58. The maximum absolute atomic E-state index is 5.41. The second-order valence-electron chi connectivity index (χ2n) is 7.16. The van der Waals surface area contributed by atoms with Crippen molar-refractivity contribution in [1.82, 2.24) is 9.80 Å². The fourth-order valence-electron chi connectivity index (χ4n) is 3.63. The Morgan fingerprint density at radius 3 is 2.62 bits per heavy atom. The summed E-state index contributed by atoms with van der Waals surface area (Å²) >= 11 is 0. The van der Waals surface area contributed by atoms with Crippen LogP contribution in [0, 0.1) is 0 Å². The summed E-state index contributed by atoms with van der Waals surface area (Å²) in [4.78, 5) is 9.78. The summed E-state index contributed by atoms with van der Waals surface area (Å²) in [6, 6.07) is 7.34. The van der Waals surface area contributed by atoms with Gasteiger partial charge in [0.05, 0.1) is 7.11 Å². The van der Waals surface area contributed by atoms with Crippen molar-refractivity contribution in [2.45, 2.75) is 46.2 Å². The van der Waals surface area contributed by atoms with Crippen molar-refractivity contribution in [2.75, 3.05) is 26.7 Å². The molecule has 24 heavy (non-hydrogen) atoms. The molecule has 2 heterocycles. The summed E-state index contributed by atoms with van der Waals surface area (Å²) < 4.78 is 5.41. The van der Waals surface area contributed by atoms with Crippen LogP contribution < -0.4 is 4.74 Å².